The van der Waals surface area contributed by atoms with Gasteiger partial charge in [-0.05, 0) is 19.4 Å². The number of urea groups is 1. The number of piperazine rings is 1. The monoisotopic (exact) mass is 398 g/mol. The maximum absolute atomic E-state index is 13.1. The Morgan fingerprint density at radius 1 is 1.22 bits per heavy atom. The van der Waals surface area contributed by atoms with E-state index in [0.29, 0.717) is 19.4 Å². The number of amides is 2. The molecule has 2 fully saturated rings. The smallest absolute Gasteiger partial charge is 0.319 e. The summed E-state index contributed by atoms with van der Waals surface area (Å²) in [6.45, 7) is 2.07. The third kappa shape index (κ3) is 5.93. The molecule has 1 heterocycles. The second kappa shape index (κ2) is 9.05. The van der Waals surface area contributed by atoms with Crippen LogP contribution in [0.15, 0.2) is 0 Å². The lowest BCUT2D eigenvalue weighted by molar-refractivity contribution is -0.144. The van der Waals surface area contributed by atoms with Gasteiger partial charge in [-0.3, -0.25) is 14.6 Å². The summed E-state index contributed by atoms with van der Waals surface area (Å²) in [5.41, 5.74) is 0. The minimum absolute atomic E-state index is 0.0347. The molecule has 11 heteroatoms. The van der Waals surface area contributed by atoms with Crippen LogP contribution in [0.5, 0.6) is 0 Å². The van der Waals surface area contributed by atoms with Crippen molar-refractivity contribution >= 4 is 12.0 Å². The molecule has 2 rings (SSSR count). The molecule has 0 aromatic rings. The molecule has 0 aromatic carbocycles. The summed E-state index contributed by atoms with van der Waals surface area (Å²) in [6.07, 6.45) is -2.38. The van der Waals surface area contributed by atoms with E-state index < -0.39 is 24.9 Å². The maximum atomic E-state index is 13.1. The van der Waals surface area contributed by atoms with Crippen LogP contribution in [0.4, 0.5) is 22.4 Å². The number of rotatable bonds is 8. The van der Waals surface area contributed by atoms with E-state index in [1.807, 2.05) is 11.8 Å². The molecule has 156 valence electrons. The second-order valence-electron chi connectivity index (χ2n) is 7.05. The van der Waals surface area contributed by atoms with Gasteiger partial charge in [0.1, 0.15) is 0 Å². The van der Waals surface area contributed by atoms with Crippen LogP contribution in [-0.4, -0.2) is 102 Å². The summed E-state index contributed by atoms with van der Waals surface area (Å²) in [4.78, 5) is 27.6. The van der Waals surface area contributed by atoms with Gasteiger partial charge in [0, 0.05) is 38.3 Å². The minimum atomic E-state index is -4.05. The number of aliphatic carboxylic acids is 1. The fourth-order valence-electron chi connectivity index (χ4n) is 3.42. The molecule has 1 aliphatic heterocycles. The van der Waals surface area contributed by atoms with Gasteiger partial charge in [0.25, 0.3) is 0 Å². The predicted molar refractivity (Wildman–Crippen MR) is 89.2 cm³/mol. The first-order valence-electron chi connectivity index (χ1n) is 9.02. The quantitative estimate of drug-likeness (QED) is 0.600. The molecule has 0 spiro atoms. The molecule has 7 nitrogen and oxygen atoms in total. The zero-order valence-corrected chi connectivity index (χ0v) is 15.2. The zero-order chi connectivity index (χ0) is 20.2. The Labute approximate surface area is 155 Å². The first-order valence-corrected chi connectivity index (χ1v) is 9.02. The highest BCUT2D eigenvalue weighted by Gasteiger charge is 2.43. The lowest BCUT2D eigenvalue weighted by atomic mass is 9.85. The van der Waals surface area contributed by atoms with E-state index in [-0.39, 0.29) is 50.8 Å². The number of hydrogen-bond donors (Lipinski definition) is 2. The van der Waals surface area contributed by atoms with Crippen molar-refractivity contribution in [3.05, 3.63) is 0 Å². The van der Waals surface area contributed by atoms with Gasteiger partial charge < -0.3 is 15.3 Å². The molecular weight excluding hydrogens is 372 g/mol. The van der Waals surface area contributed by atoms with Crippen LogP contribution in [0, 0.1) is 0 Å². The molecule has 0 atom stereocenters. The van der Waals surface area contributed by atoms with Crippen LogP contribution in [0.1, 0.15) is 19.8 Å². The van der Waals surface area contributed by atoms with Crippen LogP contribution in [-0.2, 0) is 4.79 Å². The number of halogens is 4. The SMILES string of the molecule is CCN(CC(=O)O)C1CC(NC(=O)N2CCN(CC(F)(F)C(F)F)CC2)C1. The van der Waals surface area contributed by atoms with Crippen molar-refractivity contribution < 1.29 is 32.3 Å². The van der Waals surface area contributed by atoms with Gasteiger partial charge in [-0.1, -0.05) is 6.92 Å². The molecule has 1 saturated carbocycles. The molecule has 1 saturated heterocycles. The number of alkyl halides is 4. The number of carboxylic acid groups (broad SMARTS) is 1. The van der Waals surface area contributed by atoms with E-state index in [0.717, 1.165) is 0 Å². The molecule has 2 amide bonds. The summed E-state index contributed by atoms with van der Waals surface area (Å²) in [7, 11) is 0. The van der Waals surface area contributed by atoms with Crippen molar-refractivity contribution in [2.75, 3.05) is 45.8 Å². The normalized spacial score (nSPS) is 24.2. The van der Waals surface area contributed by atoms with Gasteiger partial charge in [0.15, 0.2) is 0 Å². The van der Waals surface area contributed by atoms with Crippen molar-refractivity contribution in [3.8, 4) is 0 Å². The lowest BCUT2D eigenvalue weighted by Gasteiger charge is -2.43. The fourth-order valence-corrected chi connectivity index (χ4v) is 3.42. The summed E-state index contributed by atoms with van der Waals surface area (Å²) in [5.74, 6) is -4.94. The van der Waals surface area contributed by atoms with Crippen molar-refractivity contribution in [1.82, 2.24) is 20.0 Å². The number of hydrogen-bond acceptors (Lipinski definition) is 4. The summed E-state index contributed by atoms with van der Waals surface area (Å²) >= 11 is 0. The number of carbonyl (C=O) groups excluding carboxylic acids is 1. The number of carboxylic acids is 1. The van der Waals surface area contributed by atoms with Gasteiger partial charge in [0.05, 0.1) is 13.1 Å². The van der Waals surface area contributed by atoms with Gasteiger partial charge in [-0.15, -0.1) is 0 Å². The van der Waals surface area contributed by atoms with E-state index in [9.17, 15) is 27.2 Å². The van der Waals surface area contributed by atoms with Gasteiger partial charge in [-0.2, -0.15) is 8.78 Å². The number of carbonyl (C=O) groups is 2. The third-order valence-corrected chi connectivity index (χ3v) is 5.11. The first-order chi connectivity index (χ1) is 12.6. The van der Waals surface area contributed by atoms with Gasteiger partial charge in [-0.25, -0.2) is 13.6 Å². The van der Waals surface area contributed by atoms with Crippen LogP contribution >= 0.6 is 0 Å². The summed E-state index contributed by atoms with van der Waals surface area (Å²) in [5, 5.41) is 11.7. The zero-order valence-electron chi connectivity index (χ0n) is 15.2. The topological polar surface area (TPSA) is 76.1 Å². The molecule has 27 heavy (non-hydrogen) atoms. The van der Waals surface area contributed by atoms with Crippen LogP contribution in [0.2, 0.25) is 0 Å². The Hall–Kier alpha value is -1.62. The second-order valence-corrected chi connectivity index (χ2v) is 7.05. The van der Waals surface area contributed by atoms with Gasteiger partial charge >= 0.3 is 24.3 Å². The third-order valence-electron chi connectivity index (χ3n) is 5.11. The van der Waals surface area contributed by atoms with Crippen molar-refractivity contribution in [2.45, 2.75) is 44.2 Å². The minimum Gasteiger partial charge on any atom is -0.480 e. The molecule has 2 aliphatic rings. The van der Waals surface area contributed by atoms with Crippen molar-refractivity contribution in [1.29, 1.82) is 0 Å². The van der Waals surface area contributed by atoms with Crippen LogP contribution in [0.3, 0.4) is 0 Å². The Morgan fingerprint density at radius 2 is 1.81 bits per heavy atom. The van der Waals surface area contributed by atoms with Crippen LogP contribution < -0.4 is 5.32 Å². The van der Waals surface area contributed by atoms with E-state index >= 15 is 0 Å². The summed E-state index contributed by atoms with van der Waals surface area (Å²) in [6, 6.07) is -0.239. The maximum Gasteiger partial charge on any atom is 0.319 e. The number of likely N-dealkylation sites (N-methyl/N-ethyl adjacent to an activating group) is 1. The van der Waals surface area contributed by atoms with Crippen LogP contribution in [0.25, 0.3) is 0 Å². The Kier molecular flexibility index (Phi) is 7.26. The van der Waals surface area contributed by atoms with E-state index in [1.165, 1.54) is 9.80 Å². The van der Waals surface area contributed by atoms with Crippen molar-refractivity contribution in [2.24, 2.45) is 0 Å². The highest BCUT2D eigenvalue weighted by molar-refractivity contribution is 5.74. The van der Waals surface area contributed by atoms with E-state index in [1.54, 1.807) is 0 Å². The van der Waals surface area contributed by atoms with E-state index in [4.69, 9.17) is 5.11 Å². The Balaban J connectivity index is 1.69. The predicted octanol–water partition coefficient (Wildman–Crippen LogP) is 1.15. The molecular formula is C16H26F4N4O3. The van der Waals surface area contributed by atoms with Gasteiger partial charge in [0.2, 0.25) is 0 Å². The summed E-state index contributed by atoms with van der Waals surface area (Å²) < 4.78 is 50.7. The number of nitrogens with one attached hydrogen (secondary N) is 1. The van der Waals surface area contributed by atoms with Crippen molar-refractivity contribution in [3.63, 3.8) is 0 Å². The highest BCUT2D eigenvalue weighted by Crippen LogP contribution is 2.26. The molecule has 0 bridgehead atoms. The molecule has 0 aromatic heterocycles. The first kappa shape index (κ1) is 21.7. The number of nitrogens with zero attached hydrogens (tertiary/aromatic N) is 3. The molecule has 2 N–H and O–H groups in total. The fraction of sp³-hybridized carbons (Fsp3) is 0.875. The molecule has 0 unspecified atom stereocenters. The molecule has 1 aliphatic carbocycles. The Bertz CT molecular complexity index is 524. The highest BCUT2D eigenvalue weighted by atomic mass is 19.3. The standard InChI is InChI=1S/C16H26F4N4O3/c1-2-23(9-13(25)26)12-7-11(8-12)21-15(27)24-5-3-22(4-6-24)10-16(19,20)14(17)18/h11-12,14H,2-10H2,1H3,(H,21,27)(H,25,26). The largest absolute Gasteiger partial charge is 0.480 e. The lowest BCUT2D eigenvalue weighted by Crippen LogP contribution is -2.59. The van der Waals surface area contributed by atoms with E-state index in [2.05, 4.69) is 5.32 Å². The average Bonchev–Trinajstić information content (AvgIpc) is 2.55. The molecule has 0 radical (unpaired) electrons. The average molecular weight is 398 g/mol. The Morgan fingerprint density at radius 3 is 2.30 bits per heavy atom.